The Balaban J connectivity index is 1.98. The van der Waals surface area contributed by atoms with Crippen LogP contribution in [-0.4, -0.2) is 50.9 Å². The van der Waals surface area contributed by atoms with Crippen LogP contribution in [0.1, 0.15) is 27.7 Å². The Morgan fingerprint density at radius 1 is 1.14 bits per heavy atom. The second-order valence-electron chi connectivity index (χ2n) is 8.84. The summed E-state index contributed by atoms with van der Waals surface area (Å²) < 4.78 is 91.0. The van der Waals surface area contributed by atoms with Crippen molar-refractivity contribution in [2.24, 2.45) is 0 Å². The van der Waals surface area contributed by atoms with Crippen LogP contribution in [-0.2, 0) is 19.6 Å². The number of alkyl halides is 3. The number of sulfonamides is 1. The average Bonchev–Trinajstić information content (AvgIpc) is 2.77. The van der Waals surface area contributed by atoms with Gasteiger partial charge in [-0.3, -0.25) is 14.4 Å². The molecular weight excluding hydrogens is 522 g/mol. The average molecular weight is 548 g/mol. The van der Waals surface area contributed by atoms with Crippen molar-refractivity contribution >= 4 is 33.4 Å². The Morgan fingerprint density at radius 2 is 1.76 bits per heavy atom. The topological polar surface area (TPSA) is 114 Å². The lowest BCUT2D eigenvalue weighted by Crippen LogP contribution is -2.52. The molecule has 9 nitrogen and oxygen atoms in total. The van der Waals surface area contributed by atoms with E-state index in [4.69, 9.17) is 4.74 Å². The van der Waals surface area contributed by atoms with E-state index in [1.54, 1.807) is 6.92 Å². The van der Waals surface area contributed by atoms with Gasteiger partial charge in [-0.1, -0.05) is 0 Å². The Kier molecular flexibility index (Phi) is 7.63. The van der Waals surface area contributed by atoms with Gasteiger partial charge in [0.1, 0.15) is 17.7 Å². The van der Waals surface area contributed by atoms with Gasteiger partial charge >= 0.3 is 12.3 Å². The van der Waals surface area contributed by atoms with Crippen LogP contribution >= 0.6 is 0 Å². The molecule has 37 heavy (non-hydrogen) atoms. The van der Waals surface area contributed by atoms with E-state index >= 15 is 0 Å². The zero-order valence-corrected chi connectivity index (χ0v) is 21.0. The van der Waals surface area contributed by atoms with Gasteiger partial charge in [-0.2, -0.15) is 13.2 Å². The lowest BCUT2D eigenvalue weighted by atomic mass is 10.1. The largest absolute Gasteiger partial charge is 0.484 e. The van der Waals surface area contributed by atoms with Crippen LogP contribution in [0.3, 0.4) is 0 Å². The summed E-state index contributed by atoms with van der Waals surface area (Å²) in [4.78, 5) is 23.4. The van der Waals surface area contributed by atoms with Crippen LogP contribution in [0.2, 0.25) is 0 Å². The van der Waals surface area contributed by atoms with E-state index in [0.717, 1.165) is 28.6 Å². The zero-order valence-electron chi connectivity index (χ0n) is 20.2. The van der Waals surface area contributed by atoms with E-state index in [2.05, 4.69) is 15.4 Å². The summed E-state index contributed by atoms with van der Waals surface area (Å²) >= 11 is 0. The van der Waals surface area contributed by atoms with E-state index in [9.17, 15) is 35.6 Å². The van der Waals surface area contributed by atoms with Crippen molar-refractivity contribution in [2.75, 3.05) is 16.2 Å². The molecule has 2 aromatic carbocycles. The number of nitrogens with zero attached hydrogens (tertiary/aromatic N) is 1. The second-order valence-corrected chi connectivity index (χ2v) is 10.7. The molecule has 0 saturated heterocycles. The lowest BCUT2D eigenvalue weighted by Gasteiger charge is -2.38. The number of fused-ring (bicyclic) bond motifs is 1. The minimum Gasteiger partial charge on any atom is -0.484 e. The molecule has 0 bridgehead atoms. The van der Waals surface area contributed by atoms with E-state index in [-0.39, 0.29) is 34.5 Å². The minimum atomic E-state index is -4.83. The lowest BCUT2D eigenvalue weighted by molar-refractivity contribution is -0.242. The molecule has 3 rings (SSSR count). The third-order valence-electron chi connectivity index (χ3n) is 5.52. The molecule has 0 saturated carbocycles. The maximum absolute atomic E-state index is 13.5. The van der Waals surface area contributed by atoms with E-state index in [1.165, 1.54) is 25.1 Å². The molecule has 202 valence electrons. The first-order valence-electron chi connectivity index (χ1n) is 10.9. The van der Waals surface area contributed by atoms with Gasteiger partial charge in [0.05, 0.1) is 23.2 Å². The van der Waals surface area contributed by atoms with Crippen molar-refractivity contribution in [1.82, 2.24) is 5.32 Å². The summed E-state index contributed by atoms with van der Waals surface area (Å²) in [6, 6.07) is 7.28. The standard InChI is InChI=1S/C23H25F4N3O6S/c1-13(28-14(2)31)20-12-30(37(33,34)17-8-5-15(24)6-9-17)18-11-16(7-10-19(18)35-20)29-21(32)36-22(3,4)23(25,26)27/h5-11,13,20H,12H2,1-4H3,(H,28,31)(H,29,32)/t13-,20-/m1/s1. The molecule has 0 spiro atoms. The number of anilines is 2. The Morgan fingerprint density at radius 3 is 2.32 bits per heavy atom. The highest BCUT2D eigenvalue weighted by Crippen LogP contribution is 2.40. The molecule has 2 atom stereocenters. The number of nitrogens with one attached hydrogen (secondary N) is 2. The fourth-order valence-electron chi connectivity index (χ4n) is 3.42. The van der Waals surface area contributed by atoms with Crippen molar-refractivity contribution in [1.29, 1.82) is 0 Å². The molecule has 0 fully saturated rings. The number of carbonyl (C=O) groups is 2. The number of ether oxygens (including phenoxy) is 2. The molecular formula is C23H25F4N3O6S. The maximum atomic E-state index is 13.5. The van der Waals surface area contributed by atoms with Gasteiger partial charge in [0.2, 0.25) is 11.5 Å². The number of halogens is 4. The summed E-state index contributed by atoms with van der Waals surface area (Å²) in [5, 5.41) is 4.79. The molecule has 1 aliphatic heterocycles. The summed E-state index contributed by atoms with van der Waals surface area (Å²) in [6.07, 6.45) is -7.07. The quantitative estimate of drug-likeness (QED) is 0.525. The van der Waals surface area contributed by atoms with Crippen LogP contribution in [0.5, 0.6) is 5.75 Å². The fraction of sp³-hybridized carbons (Fsp3) is 0.391. The smallest absolute Gasteiger partial charge is 0.427 e. The number of carbonyl (C=O) groups excluding carboxylic acids is 2. The highest BCUT2D eigenvalue weighted by Gasteiger charge is 2.51. The first kappa shape index (κ1) is 28.0. The van der Waals surface area contributed by atoms with Gasteiger partial charge in [-0.25, -0.2) is 17.6 Å². The van der Waals surface area contributed by atoms with Gasteiger partial charge in [-0.05, 0) is 63.2 Å². The van der Waals surface area contributed by atoms with Gasteiger partial charge in [0, 0.05) is 12.6 Å². The molecule has 0 aromatic heterocycles. The molecule has 0 radical (unpaired) electrons. The number of rotatable bonds is 6. The predicted octanol–water partition coefficient (Wildman–Crippen LogP) is 4.20. The monoisotopic (exact) mass is 547 g/mol. The number of amides is 2. The summed E-state index contributed by atoms with van der Waals surface area (Å²) in [5.41, 5.74) is -2.89. The van der Waals surface area contributed by atoms with Crippen molar-refractivity contribution in [3.8, 4) is 5.75 Å². The highest BCUT2D eigenvalue weighted by atomic mass is 32.2. The van der Waals surface area contributed by atoms with Crippen molar-refractivity contribution in [3.05, 3.63) is 48.3 Å². The molecule has 2 N–H and O–H groups in total. The van der Waals surface area contributed by atoms with Crippen LogP contribution < -0.4 is 19.7 Å². The summed E-state index contributed by atoms with van der Waals surface area (Å²) in [6.45, 7) is 4.00. The number of hydrogen-bond acceptors (Lipinski definition) is 6. The van der Waals surface area contributed by atoms with Gasteiger partial charge < -0.3 is 14.8 Å². The number of hydrogen-bond donors (Lipinski definition) is 2. The molecule has 2 aromatic rings. The molecule has 14 heteroatoms. The van der Waals surface area contributed by atoms with E-state index in [0.29, 0.717) is 13.8 Å². The summed E-state index contributed by atoms with van der Waals surface area (Å²) in [5.74, 6) is -0.950. The molecule has 0 unspecified atom stereocenters. The summed E-state index contributed by atoms with van der Waals surface area (Å²) in [7, 11) is -4.30. The highest BCUT2D eigenvalue weighted by molar-refractivity contribution is 7.92. The van der Waals surface area contributed by atoms with Gasteiger partial charge in [0.25, 0.3) is 10.0 Å². The molecule has 2 amide bonds. The van der Waals surface area contributed by atoms with E-state index in [1.807, 2.05) is 0 Å². The first-order valence-corrected chi connectivity index (χ1v) is 12.4. The van der Waals surface area contributed by atoms with E-state index < -0.39 is 45.9 Å². The minimum absolute atomic E-state index is 0.0384. The van der Waals surface area contributed by atoms with Crippen LogP contribution in [0.4, 0.5) is 33.7 Å². The second kappa shape index (κ2) is 10.1. The Bertz CT molecular complexity index is 1280. The van der Waals surface area contributed by atoms with Crippen molar-refractivity contribution < 1.29 is 45.0 Å². The predicted molar refractivity (Wildman–Crippen MR) is 125 cm³/mol. The Labute approximate surface area is 210 Å². The van der Waals surface area contributed by atoms with Crippen LogP contribution in [0.15, 0.2) is 47.4 Å². The van der Waals surface area contributed by atoms with Crippen LogP contribution in [0, 0.1) is 5.82 Å². The maximum Gasteiger partial charge on any atom is 0.427 e. The molecule has 0 aliphatic carbocycles. The third-order valence-corrected chi connectivity index (χ3v) is 7.31. The van der Waals surface area contributed by atoms with Gasteiger partial charge in [-0.15, -0.1) is 0 Å². The Hall–Kier alpha value is -3.55. The SMILES string of the molecule is CC(=O)N[C@H](C)[C@H]1CN(S(=O)(=O)c2ccc(F)cc2)c2cc(NC(=O)OC(C)(C)C(F)(F)F)ccc2O1. The van der Waals surface area contributed by atoms with Gasteiger partial charge in [0.15, 0.2) is 0 Å². The normalized spacial score (nSPS) is 16.8. The van der Waals surface area contributed by atoms with Crippen molar-refractivity contribution in [2.45, 2.75) is 56.5 Å². The van der Waals surface area contributed by atoms with Crippen LogP contribution in [0.25, 0.3) is 0 Å². The fourth-order valence-corrected chi connectivity index (χ4v) is 4.90. The molecule has 1 heterocycles. The first-order chi connectivity index (χ1) is 17.0. The third kappa shape index (κ3) is 6.24. The molecule has 1 aliphatic rings. The number of benzene rings is 2. The zero-order chi connectivity index (χ0) is 27.8. The van der Waals surface area contributed by atoms with Crippen molar-refractivity contribution in [3.63, 3.8) is 0 Å².